The Morgan fingerprint density at radius 2 is 1.86 bits per heavy atom. The first kappa shape index (κ1) is 19.2. The number of hydrogen-bond donors (Lipinski definition) is 0. The first-order chi connectivity index (χ1) is 14.0. The third kappa shape index (κ3) is 3.62. The van der Waals surface area contributed by atoms with Gasteiger partial charge in [0.15, 0.2) is 0 Å². The summed E-state index contributed by atoms with van der Waals surface area (Å²) < 4.78 is 1.60. The molecule has 0 spiro atoms. The Hall–Kier alpha value is -3.17. The van der Waals surface area contributed by atoms with Crippen molar-refractivity contribution in [3.05, 3.63) is 75.9 Å². The molecule has 1 aromatic carbocycles. The van der Waals surface area contributed by atoms with Crippen LogP contribution in [0.1, 0.15) is 19.4 Å². The summed E-state index contributed by atoms with van der Waals surface area (Å²) in [7, 11) is 1.75. The highest BCUT2D eigenvalue weighted by Gasteiger charge is 2.31. The van der Waals surface area contributed by atoms with Crippen molar-refractivity contribution in [2.45, 2.75) is 32.5 Å². The Labute approximate surface area is 170 Å². The van der Waals surface area contributed by atoms with Crippen molar-refractivity contribution >= 4 is 22.5 Å². The summed E-state index contributed by atoms with van der Waals surface area (Å²) in [6.07, 6.45) is 0. The van der Waals surface area contributed by atoms with Gasteiger partial charge in [-0.2, -0.15) is 0 Å². The highest BCUT2D eigenvalue weighted by atomic mass is 16.1. The average Bonchev–Trinajstić information content (AvgIpc) is 2.73. The fraction of sp³-hybridized carbons (Fsp3) is 0.348. The Morgan fingerprint density at radius 1 is 1.10 bits per heavy atom. The van der Waals surface area contributed by atoms with E-state index in [1.54, 1.807) is 23.7 Å². The van der Waals surface area contributed by atoms with E-state index in [2.05, 4.69) is 57.7 Å². The van der Waals surface area contributed by atoms with Crippen LogP contribution in [0, 0.1) is 6.57 Å². The van der Waals surface area contributed by atoms with E-state index < -0.39 is 0 Å². The van der Waals surface area contributed by atoms with Crippen molar-refractivity contribution in [2.75, 3.05) is 18.0 Å². The minimum atomic E-state index is -0.0589. The van der Waals surface area contributed by atoms with E-state index in [0.717, 1.165) is 36.4 Å². The second-order valence-electron chi connectivity index (χ2n) is 7.84. The van der Waals surface area contributed by atoms with Crippen molar-refractivity contribution in [1.82, 2.24) is 14.5 Å². The van der Waals surface area contributed by atoms with Crippen molar-refractivity contribution in [3.8, 4) is 0 Å². The SMILES string of the molecule is [C-]#[N+]c1ccc2c(n1)c(N1C[C@@H](C)N(Cc3ccccc3)C[C@@H]1C)cc(=O)n2C. The predicted molar refractivity (Wildman–Crippen MR) is 116 cm³/mol. The molecule has 0 bridgehead atoms. The second-order valence-corrected chi connectivity index (χ2v) is 7.84. The lowest BCUT2D eigenvalue weighted by molar-refractivity contribution is 0.158. The number of aromatic nitrogens is 2. The van der Waals surface area contributed by atoms with Gasteiger partial charge in [-0.1, -0.05) is 36.9 Å². The van der Waals surface area contributed by atoms with Crippen LogP contribution >= 0.6 is 0 Å². The van der Waals surface area contributed by atoms with Crippen LogP contribution in [0.25, 0.3) is 15.9 Å². The third-order valence-corrected chi connectivity index (χ3v) is 5.82. The van der Waals surface area contributed by atoms with E-state index in [0.29, 0.717) is 11.9 Å². The molecule has 0 saturated carbocycles. The van der Waals surface area contributed by atoms with Gasteiger partial charge in [0.2, 0.25) is 5.52 Å². The molecule has 1 fully saturated rings. The fourth-order valence-electron chi connectivity index (χ4n) is 4.15. The molecule has 29 heavy (non-hydrogen) atoms. The van der Waals surface area contributed by atoms with Crippen LogP contribution in [0.4, 0.5) is 11.5 Å². The van der Waals surface area contributed by atoms with Crippen molar-refractivity contribution in [2.24, 2.45) is 7.05 Å². The van der Waals surface area contributed by atoms with Crippen LogP contribution in [0.3, 0.4) is 0 Å². The Kier molecular flexibility index (Phi) is 5.08. The lowest BCUT2D eigenvalue weighted by Gasteiger charge is -2.45. The van der Waals surface area contributed by atoms with Gasteiger partial charge in [-0.05, 0) is 31.5 Å². The quantitative estimate of drug-likeness (QED) is 0.645. The molecule has 6 heteroatoms. The Morgan fingerprint density at radius 3 is 2.59 bits per heavy atom. The molecule has 2 aromatic heterocycles. The zero-order valence-corrected chi connectivity index (χ0v) is 17.0. The number of aryl methyl sites for hydroxylation is 1. The normalized spacial score (nSPS) is 20.0. The minimum Gasteiger partial charge on any atom is -0.362 e. The van der Waals surface area contributed by atoms with Gasteiger partial charge in [-0.3, -0.25) is 9.69 Å². The molecule has 3 heterocycles. The highest BCUT2D eigenvalue weighted by molar-refractivity contribution is 5.89. The highest BCUT2D eigenvalue weighted by Crippen LogP contribution is 2.30. The van der Waals surface area contributed by atoms with Gasteiger partial charge in [0, 0.05) is 44.8 Å². The molecule has 1 aliphatic rings. The number of nitrogens with zero attached hydrogens (tertiary/aromatic N) is 5. The summed E-state index contributed by atoms with van der Waals surface area (Å²) in [4.78, 5) is 25.4. The fourth-order valence-corrected chi connectivity index (χ4v) is 4.15. The van der Waals surface area contributed by atoms with Crippen LogP contribution < -0.4 is 10.5 Å². The van der Waals surface area contributed by atoms with Gasteiger partial charge >= 0.3 is 0 Å². The molecule has 0 radical (unpaired) electrons. The molecular formula is C23H25N5O. The maximum atomic E-state index is 12.6. The van der Waals surface area contributed by atoms with E-state index >= 15 is 0 Å². The van der Waals surface area contributed by atoms with Crippen molar-refractivity contribution in [3.63, 3.8) is 0 Å². The second kappa shape index (κ2) is 7.69. The van der Waals surface area contributed by atoms with Crippen LogP contribution in [-0.4, -0.2) is 39.6 Å². The van der Waals surface area contributed by atoms with Gasteiger partial charge in [-0.25, -0.2) is 0 Å². The van der Waals surface area contributed by atoms with Crippen LogP contribution in [0.2, 0.25) is 0 Å². The maximum absolute atomic E-state index is 12.6. The molecule has 0 aliphatic carbocycles. The zero-order valence-electron chi connectivity index (χ0n) is 17.0. The molecule has 0 N–H and O–H groups in total. The minimum absolute atomic E-state index is 0.0589. The molecule has 3 aromatic rings. The number of fused-ring (bicyclic) bond motifs is 1. The molecular weight excluding hydrogens is 362 g/mol. The summed E-state index contributed by atoms with van der Waals surface area (Å²) in [5.74, 6) is 0.348. The number of benzene rings is 1. The van der Waals surface area contributed by atoms with Gasteiger partial charge in [0.05, 0.1) is 11.2 Å². The Bertz CT molecular complexity index is 1130. The number of rotatable bonds is 3. The smallest absolute Gasteiger partial charge is 0.270 e. The predicted octanol–water partition coefficient (Wildman–Crippen LogP) is 3.58. The molecule has 148 valence electrons. The van der Waals surface area contributed by atoms with Crippen LogP contribution in [0.5, 0.6) is 0 Å². The summed E-state index contributed by atoms with van der Waals surface area (Å²) in [6, 6.07) is 16.2. The summed E-state index contributed by atoms with van der Waals surface area (Å²) in [5.41, 5.74) is 3.55. The van der Waals surface area contributed by atoms with Gasteiger partial charge in [0.1, 0.15) is 0 Å². The molecule has 0 unspecified atom stereocenters. The van der Waals surface area contributed by atoms with Crippen molar-refractivity contribution in [1.29, 1.82) is 0 Å². The largest absolute Gasteiger partial charge is 0.362 e. The number of hydrogen-bond acceptors (Lipinski definition) is 4. The average molecular weight is 387 g/mol. The van der Waals surface area contributed by atoms with E-state index in [1.165, 1.54) is 5.56 Å². The van der Waals surface area contributed by atoms with Crippen LogP contribution in [0.15, 0.2) is 53.3 Å². The summed E-state index contributed by atoms with van der Waals surface area (Å²) in [5, 5.41) is 0. The number of pyridine rings is 2. The molecule has 1 saturated heterocycles. The van der Waals surface area contributed by atoms with E-state index in [1.807, 2.05) is 12.1 Å². The number of anilines is 1. The van der Waals surface area contributed by atoms with Gasteiger partial charge in [0.25, 0.3) is 11.4 Å². The summed E-state index contributed by atoms with van der Waals surface area (Å²) >= 11 is 0. The number of piperazine rings is 1. The molecule has 0 amide bonds. The van der Waals surface area contributed by atoms with E-state index in [4.69, 9.17) is 6.57 Å². The van der Waals surface area contributed by atoms with E-state index in [-0.39, 0.29) is 11.6 Å². The topological polar surface area (TPSA) is 45.7 Å². The van der Waals surface area contributed by atoms with E-state index in [9.17, 15) is 4.79 Å². The maximum Gasteiger partial charge on any atom is 0.270 e. The van der Waals surface area contributed by atoms with Crippen LogP contribution in [-0.2, 0) is 13.6 Å². The zero-order chi connectivity index (χ0) is 20.5. The molecule has 6 nitrogen and oxygen atoms in total. The first-order valence-electron chi connectivity index (χ1n) is 9.91. The Balaban J connectivity index is 1.69. The molecule has 2 atom stereocenters. The lowest BCUT2D eigenvalue weighted by atomic mass is 10.1. The van der Waals surface area contributed by atoms with Gasteiger partial charge in [-0.15, -0.1) is 4.98 Å². The van der Waals surface area contributed by atoms with Gasteiger partial charge < -0.3 is 14.3 Å². The third-order valence-electron chi connectivity index (χ3n) is 5.82. The first-order valence-corrected chi connectivity index (χ1v) is 9.91. The standard InChI is InChI=1S/C23H25N5O/c1-16-14-28(17(2)13-27(16)15-18-8-6-5-7-9-18)20-12-22(29)26(4)19-10-11-21(24-3)25-23(19)20/h5-12,16-17H,13-15H2,1-2,4H3/t16-,17+/m1/s1. The summed E-state index contributed by atoms with van der Waals surface area (Å²) in [6.45, 7) is 14.3. The van der Waals surface area contributed by atoms with Crippen molar-refractivity contribution < 1.29 is 0 Å². The molecule has 4 rings (SSSR count). The lowest BCUT2D eigenvalue weighted by Crippen LogP contribution is -2.56. The molecule has 1 aliphatic heterocycles. The monoisotopic (exact) mass is 387 g/mol.